The van der Waals surface area contributed by atoms with Crippen LogP contribution in [-0.4, -0.2) is 37.6 Å². The fraction of sp³-hybridized carbons (Fsp3) is 0.529. The molecular formula is C17H21F2N5O. The van der Waals surface area contributed by atoms with Crippen LogP contribution in [-0.2, 0) is 4.79 Å². The van der Waals surface area contributed by atoms with E-state index in [0.29, 0.717) is 18.8 Å². The van der Waals surface area contributed by atoms with Gasteiger partial charge in [0.15, 0.2) is 5.82 Å². The molecule has 1 saturated heterocycles. The molecule has 3 rings (SSSR count). The van der Waals surface area contributed by atoms with Crippen LogP contribution in [0, 0.1) is 11.6 Å². The fourth-order valence-corrected chi connectivity index (χ4v) is 3.09. The van der Waals surface area contributed by atoms with Crippen LogP contribution < -0.4 is 0 Å². The Kier molecular flexibility index (Phi) is 5.35. The minimum atomic E-state index is -0.706. The number of piperidine rings is 1. The van der Waals surface area contributed by atoms with Gasteiger partial charge in [0.2, 0.25) is 5.91 Å². The van der Waals surface area contributed by atoms with Gasteiger partial charge >= 0.3 is 0 Å². The third-order valence-electron chi connectivity index (χ3n) is 4.37. The first-order valence-corrected chi connectivity index (χ1v) is 8.64. The van der Waals surface area contributed by atoms with Gasteiger partial charge in [-0.2, -0.15) is 0 Å². The van der Waals surface area contributed by atoms with Crippen molar-refractivity contribution in [3.05, 3.63) is 35.7 Å². The molecule has 2 aromatic rings. The van der Waals surface area contributed by atoms with Crippen molar-refractivity contribution in [2.45, 2.75) is 51.5 Å². The first-order valence-electron chi connectivity index (χ1n) is 8.64. The highest BCUT2D eigenvalue weighted by Crippen LogP contribution is 2.29. The number of unbranched alkanes of at least 4 members (excludes halogenated alkanes) is 1. The number of hydrogen-bond donors (Lipinski definition) is 0. The molecule has 1 unspecified atom stereocenters. The Labute approximate surface area is 144 Å². The molecule has 0 saturated carbocycles. The summed E-state index contributed by atoms with van der Waals surface area (Å²) in [5.41, 5.74) is 0.163. The molecule has 2 heterocycles. The molecule has 134 valence electrons. The minimum Gasteiger partial charge on any atom is -0.332 e. The van der Waals surface area contributed by atoms with Crippen LogP contribution in [0.4, 0.5) is 8.78 Å². The van der Waals surface area contributed by atoms with Crippen molar-refractivity contribution in [1.29, 1.82) is 0 Å². The summed E-state index contributed by atoms with van der Waals surface area (Å²) >= 11 is 0. The molecule has 8 heteroatoms. The molecule has 1 amide bonds. The van der Waals surface area contributed by atoms with Crippen LogP contribution in [0.2, 0.25) is 0 Å². The average molecular weight is 349 g/mol. The maximum Gasteiger partial charge on any atom is 0.223 e. The number of likely N-dealkylation sites (tertiary alicyclic amines) is 1. The largest absolute Gasteiger partial charge is 0.332 e. The van der Waals surface area contributed by atoms with Crippen LogP contribution >= 0.6 is 0 Å². The van der Waals surface area contributed by atoms with E-state index in [0.717, 1.165) is 55.1 Å². The van der Waals surface area contributed by atoms with Crippen LogP contribution in [0.1, 0.15) is 57.3 Å². The molecule has 1 aliphatic rings. The summed E-state index contributed by atoms with van der Waals surface area (Å²) < 4.78 is 26.8. The highest BCUT2D eigenvalue weighted by molar-refractivity contribution is 5.76. The Morgan fingerprint density at radius 3 is 2.72 bits per heavy atom. The van der Waals surface area contributed by atoms with Gasteiger partial charge in [-0.25, -0.2) is 8.78 Å². The Morgan fingerprint density at radius 2 is 2.00 bits per heavy atom. The number of benzene rings is 1. The molecular weight excluding hydrogens is 328 g/mol. The topological polar surface area (TPSA) is 63.9 Å². The molecule has 1 fully saturated rings. The predicted molar refractivity (Wildman–Crippen MR) is 86.9 cm³/mol. The second-order valence-corrected chi connectivity index (χ2v) is 6.27. The monoisotopic (exact) mass is 349 g/mol. The van der Waals surface area contributed by atoms with Gasteiger partial charge in [-0.3, -0.25) is 4.79 Å². The lowest BCUT2D eigenvalue weighted by atomic mass is 10.0. The molecule has 25 heavy (non-hydrogen) atoms. The maximum atomic E-state index is 13.4. The second-order valence-electron chi connectivity index (χ2n) is 6.27. The highest BCUT2D eigenvalue weighted by Gasteiger charge is 2.30. The van der Waals surface area contributed by atoms with Crippen molar-refractivity contribution >= 4 is 5.91 Å². The van der Waals surface area contributed by atoms with Gasteiger partial charge in [-0.1, -0.05) is 13.3 Å². The van der Waals surface area contributed by atoms with E-state index in [9.17, 15) is 13.6 Å². The van der Waals surface area contributed by atoms with Crippen molar-refractivity contribution < 1.29 is 13.6 Å². The average Bonchev–Trinajstić information content (AvgIpc) is 3.09. The van der Waals surface area contributed by atoms with Gasteiger partial charge in [-0.15, -0.1) is 15.0 Å². The first-order chi connectivity index (χ1) is 12.1. The number of amides is 1. The van der Waals surface area contributed by atoms with E-state index >= 15 is 0 Å². The zero-order valence-electron chi connectivity index (χ0n) is 14.2. The molecule has 1 aliphatic heterocycles. The standard InChI is InChI=1S/C17H21F2N5O/c1-2-3-7-16(25)23-8-5-4-6-15(23)17-20-22-24(21-17)14-10-12(18)9-13(19)11-14/h9-11,15H,2-8H2,1H3. The summed E-state index contributed by atoms with van der Waals surface area (Å²) in [6.45, 7) is 2.72. The van der Waals surface area contributed by atoms with Crippen molar-refractivity contribution in [1.82, 2.24) is 25.1 Å². The van der Waals surface area contributed by atoms with E-state index < -0.39 is 11.6 Å². The molecule has 0 N–H and O–H groups in total. The number of aromatic nitrogens is 4. The van der Waals surface area contributed by atoms with Crippen LogP contribution in [0.5, 0.6) is 0 Å². The zero-order valence-corrected chi connectivity index (χ0v) is 14.2. The van der Waals surface area contributed by atoms with Crippen LogP contribution in [0.25, 0.3) is 5.69 Å². The number of tetrazole rings is 1. The molecule has 1 aromatic carbocycles. The lowest BCUT2D eigenvalue weighted by Gasteiger charge is -2.33. The molecule has 0 bridgehead atoms. The summed E-state index contributed by atoms with van der Waals surface area (Å²) in [5.74, 6) is -0.903. The van der Waals surface area contributed by atoms with Gasteiger partial charge in [0, 0.05) is 31.2 Å². The Balaban J connectivity index is 1.82. The van der Waals surface area contributed by atoms with Crippen molar-refractivity contribution in [3.63, 3.8) is 0 Å². The summed E-state index contributed by atoms with van der Waals surface area (Å²) in [5, 5.41) is 12.2. The zero-order chi connectivity index (χ0) is 17.8. The minimum absolute atomic E-state index is 0.0969. The summed E-state index contributed by atoms with van der Waals surface area (Å²) in [4.78, 5) is 15.4. The van der Waals surface area contributed by atoms with Gasteiger partial charge in [0.05, 0.1) is 11.7 Å². The number of rotatable bonds is 5. The molecule has 0 radical (unpaired) electrons. The first kappa shape index (κ1) is 17.4. The van der Waals surface area contributed by atoms with Gasteiger partial charge in [0.1, 0.15) is 11.6 Å². The molecule has 0 aliphatic carbocycles. The third-order valence-corrected chi connectivity index (χ3v) is 4.37. The van der Waals surface area contributed by atoms with Crippen LogP contribution in [0.15, 0.2) is 18.2 Å². The van der Waals surface area contributed by atoms with Gasteiger partial charge in [-0.05, 0) is 30.9 Å². The molecule has 0 spiro atoms. The quantitative estimate of drug-likeness (QED) is 0.832. The number of carbonyl (C=O) groups excluding carboxylic acids is 1. The molecule has 1 aromatic heterocycles. The number of hydrogen-bond acceptors (Lipinski definition) is 4. The van der Waals surface area contributed by atoms with Gasteiger partial charge < -0.3 is 4.90 Å². The van der Waals surface area contributed by atoms with E-state index in [4.69, 9.17) is 0 Å². The second kappa shape index (κ2) is 7.67. The lowest BCUT2D eigenvalue weighted by Crippen LogP contribution is -2.39. The summed E-state index contributed by atoms with van der Waals surface area (Å²) in [6.07, 6.45) is 5.02. The normalized spacial score (nSPS) is 17.7. The maximum absolute atomic E-state index is 13.4. The van der Waals surface area contributed by atoms with Gasteiger partial charge in [0.25, 0.3) is 0 Å². The van der Waals surface area contributed by atoms with E-state index in [-0.39, 0.29) is 17.6 Å². The third kappa shape index (κ3) is 4.00. The van der Waals surface area contributed by atoms with Crippen molar-refractivity contribution in [2.75, 3.05) is 6.54 Å². The number of nitrogens with zero attached hydrogens (tertiary/aromatic N) is 5. The highest BCUT2D eigenvalue weighted by atomic mass is 19.1. The van der Waals surface area contributed by atoms with E-state index in [1.54, 1.807) is 0 Å². The summed E-state index contributed by atoms with van der Waals surface area (Å²) in [7, 11) is 0. The Hall–Kier alpha value is -2.38. The number of carbonyl (C=O) groups is 1. The molecule has 1 atom stereocenters. The van der Waals surface area contributed by atoms with E-state index in [1.807, 2.05) is 11.8 Å². The van der Waals surface area contributed by atoms with Crippen LogP contribution in [0.3, 0.4) is 0 Å². The fourth-order valence-electron chi connectivity index (χ4n) is 3.09. The predicted octanol–water partition coefficient (Wildman–Crippen LogP) is 3.18. The number of halogens is 2. The van der Waals surface area contributed by atoms with E-state index in [2.05, 4.69) is 15.4 Å². The molecule has 6 nitrogen and oxygen atoms in total. The van der Waals surface area contributed by atoms with Crippen molar-refractivity contribution in [2.24, 2.45) is 0 Å². The Morgan fingerprint density at radius 1 is 1.24 bits per heavy atom. The smallest absolute Gasteiger partial charge is 0.223 e. The van der Waals surface area contributed by atoms with E-state index in [1.165, 1.54) is 0 Å². The van der Waals surface area contributed by atoms with Crippen molar-refractivity contribution in [3.8, 4) is 5.69 Å². The summed E-state index contributed by atoms with van der Waals surface area (Å²) in [6, 6.07) is 2.83. The lowest BCUT2D eigenvalue weighted by molar-refractivity contribution is -0.135. The SMILES string of the molecule is CCCCC(=O)N1CCCCC1c1nnn(-c2cc(F)cc(F)c2)n1. The Bertz CT molecular complexity index is 728.